The van der Waals surface area contributed by atoms with Crippen LogP contribution >= 0.6 is 0 Å². The van der Waals surface area contributed by atoms with Gasteiger partial charge in [0.2, 0.25) is 11.7 Å². The summed E-state index contributed by atoms with van der Waals surface area (Å²) in [6.07, 6.45) is 0. The molecule has 1 N–H and O–H groups in total. The number of carbonyl (C=O) groups excluding carboxylic acids is 2. The van der Waals surface area contributed by atoms with Crippen LogP contribution in [0.5, 0.6) is 0 Å². The lowest BCUT2D eigenvalue weighted by Crippen LogP contribution is -2.45. The van der Waals surface area contributed by atoms with Crippen molar-refractivity contribution in [1.29, 1.82) is 0 Å². The van der Waals surface area contributed by atoms with Crippen LogP contribution in [-0.2, 0) is 14.8 Å². The summed E-state index contributed by atoms with van der Waals surface area (Å²) >= 11 is 0. The Hall–Kier alpha value is -2.15. The monoisotopic (exact) mass is 364 g/mol. The Kier molecular flexibility index (Phi) is 4.83. The van der Waals surface area contributed by atoms with Crippen LogP contribution in [0.3, 0.4) is 0 Å². The molecule has 7 heteroatoms. The number of hydrogen-bond acceptors (Lipinski definition) is 4. The predicted molar refractivity (Wildman–Crippen MR) is 95.2 cm³/mol. The fourth-order valence-electron chi connectivity index (χ4n) is 2.62. The number of benzene rings is 1. The number of allylic oxidation sites excluding steroid dienone is 2. The maximum atomic E-state index is 13.0. The Bertz CT molecular complexity index is 861. The van der Waals surface area contributed by atoms with Gasteiger partial charge in [0.1, 0.15) is 5.70 Å². The third-order valence-electron chi connectivity index (χ3n) is 3.91. The van der Waals surface area contributed by atoms with Gasteiger partial charge in [0.05, 0.1) is 4.90 Å². The third-order valence-corrected chi connectivity index (χ3v) is 5.94. The van der Waals surface area contributed by atoms with Crippen molar-refractivity contribution in [1.82, 2.24) is 9.62 Å². The van der Waals surface area contributed by atoms with Crippen molar-refractivity contribution in [3.8, 4) is 0 Å². The molecule has 0 saturated carbocycles. The first-order valence-corrected chi connectivity index (χ1v) is 9.53. The van der Waals surface area contributed by atoms with Gasteiger partial charge in [0.25, 0.3) is 10.0 Å². The molecule has 1 aliphatic rings. The first kappa shape index (κ1) is 19.2. The van der Waals surface area contributed by atoms with Crippen molar-refractivity contribution in [2.75, 3.05) is 0 Å². The third kappa shape index (κ3) is 3.33. The number of carbonyl (C=O) groups is 2. The Labute approximate surface area is 149 Å². The lowest BCUT2D eigenvalue weighted by Gasteiger charge is -2.35. The summed E-state index contributed by atoms with van der Waals surface area (Å²) < 4.78 is 27.1. The minimum Gasteiger partial charge on any atom is -0.327 e. The zero-order chi connectivity index (χ0) is 19.2. The summed E-state index contributed by atoms with van der Waals surface area (Å²) in [6, 6.07) is 5.66. The number of amides is 1. The van der Waals surface area contributed by atoms with Crippen LogP contribution in [0.1, 0.15) is 51.9 Å². The second kappa shape index (κ2) is 6.29. The molecule has 1 aromatic carbocycles. The molecule has 0 aromatic heterocycles. The van der Waals surface area contributed by atoms with Gasteiger partial charge >= 0.3 is 0 Å². The molecular weight excluding hydrogens is 340 g/mol. The molecule has 0 fully saturated rings. The van der Waals surface area contributed by atoms with E-state index >= 15 is 0 Å². The van der Waals surface area contributed by atoms with Crippen molar-refractivity contribution < 1.29 is 18.0 Å². The van der Waals surface area contributed by atoms with Gasteiger partial charge in [-0.1, -0.05) is 32.9 Å². The van der Waals surface area contributed by atoms with Crippen LogP contribution in [0.25, 0.3) is 0 Å². The SMILES string of the molecule is C/C(NC(=O)C(C)(C)C)=C1\C(=O)c2ccccc2S(=O)(=O)N1C(C)C. The maximum Gasteiger partial charge on any atom is 0.265 e. The van der Waals surface area contributed by atoms with E-state index in [1.165, 1.54) is 12.1 Å². The van der Waals surface area contributed by atoms with Crippen molar-refractivity contribution in [2.45, 2.75) is 52.5 Å². The van der Waals surface area contributed by atoms with Gasteiger partial charge in [-0.2, -0.15) is 0 Å². The molecule has 0 unspecified atom stereocenters. The van der Waals surface area contributed by atoms with Crippen molar-refractivity contribution >= 4 is 21.7 Å². The van der Waals surface area contributed by atoms with E-state index in [9.17, 15) is 18.0 Å². The lowest BCUT2D eigenvalue weighted by atomic mass is 9.95. The molecule has 0 spiro atoms. The largest absolute Gasteiger partial charge is 0.327 e. The number of Topliss-reactive ketones (excluding diaryl/α,β-unsaturated/α-hetero) is 1. The van der Waals surface area contributed by atoms with E-state index in [0.29, 0.717) is 0 Å². The highest BCUT2D eigenvalue weighted by atomic mass is 32.2. The van der Waals surface area contributed by atoms with Gasteiger partial charge in [0.15, 0.2) is 0 Å². The second-order valence-electron chi connectivity index (χ2n) is 7.40. The van der Waals surface area contributed by atoms with Crippen LogP contribution in [-0.4, -0.2) is 30.5 Å². The number of fused-ring (bicyclic) bond motifs is 1. The molecule has 1 heterocycles. The Morgan fingerprint density at radius 2 is 1.72 bits per heavy atom. The molecule has 6 nitrogen and oxygen atoms in total. The number of nitrogens with zero attached hydrogens (tertiary/aromatic N) is 1. The standard InChI is InChI=1S/C18H24N2O4S/c1-11(2)20-15(12(3)19-17(22)18(4,5)6)16(21)13-9-7-8-10-14(13)25(20,23)24/h7-11H,1-6H3,(H,19,22)/b15-12-. The second-order valence-corrected chi connectivity index (χ2v) is 9.18. The topological polar surface area (TPSA) is 83.5 Å². The summed E-state index contributed by atoms with van der Waals surface area (Å²) in [6.45, 7) is 10.2. The molecule has 1 aliphatic heterocycles. The van der Waals surface area contributed by atoms with Gasteiger partial charge in [-0.25, -0.2) is 8.42 Å². The van der Waals surface area contributed by atoms with Gasteiger partial charge in [-0.15, -0.1) is 0 Å². The van der Waals surface area contributed by atoms with Crippen LogP contribution in [0.15, 0.2) is 40.6 Å². The number of sulfonamides is 1. The highest BCUT2D eigenvalue weighted by Gasteiger charge is 2.42. The molecule has 1 amide bonds. The number of rotatable bonds is 2. The minimum absolute atomic E-state index is 0.00704. The smallest absolute Gasteiger partial charge is 0.265 e. The van der Waals surface area contributed by atoms with E-state index in [1.54, 1.807) is 53.7 Å². The van der Waals surface area contributed by atoms with Gasteiger partial charge < -0.3 is 5.32 Å². The van der Waals surface area contributed by atoms with E-state index in [0.717, 1.165) is 4.31 Å². The summed E-state index contributed by atoms with van der Waals surface area (Å²) in [7, 11) is -3.88. The first-order chi connectivity index (χ1) is 11.4. The van der Waals surface area contributed by atoms with E-state index < -0.39 is 27.3 Å². The predicted octanol–water partition coefficient (Wildman–Crippen LogP) is 2.68. The Morgan fingerprint density at radius 3 is 2.24 bits per heavy atom. The molecule has 0 atom stereocenters. The number of ketones is 1. The summed E-state index contributed by atoms with van der Waals surface area (Å²) in [4.78, 5) is 25.3. The molecule has 2 rings (SSSR count). The molecule has 25 heavy (non-hydrogen) atoms. The maximum absolute atomic E-state index is 13.0. The van der Waals surface area contributed by atoms with Crippen LogP contribution in [0.4, 0.5) is 0 Å². The van der Waals surface area contributed by atoms with E-state index in [-0.39, 0.29) is 27.8 Å². The fraction of sp³-hybridized carbons (Fsp3) is 0.444. The summed E-state index contributed by atoms with van der Waals surface area (Å²) in [5.41, 5.74) is -0.319. The quantitative estimate of drug-likeness (QED) is 0.818. The highest BCUT2D eigenvalue weighted by Crippen LogP contribution is 2.34. The van der Waals surface area contributed by atoms with Crippen molar-refractivity contribution in [2.24, 2.45) is 5.41 Å². The molecule has 1 aromatic rings. The molecule has 0 bridgehead atoms. The molecule has 0 saturated heterocycles. The Morgan fingerprint density at radius 1 is 1.16 bits per heavy atom. The van der Waals surface area contributed by atoms with E-state index in [4.69, 9.17) is 0 Å². The van der Waals surface area contributed by atoms with Crippen molar-refractivity contribution in [3.63, 3.8) is 0 Å². The normalized spacial score (nSPS) is 18.8. The lowest BCUT2D eigenvalue weighted by molar-refractivity contribution is -0.127. The van der Waals surface area contributed by atoms with Crippen LogP contribution in [0.2, 0.25) is 0 Å². The molecular formula is C18H24N2O4S. The number of nitrogens with one attached hydrogen (secondary N) is 1. The molecule has 0 aliphatic carbocycles. The first-order valence-electron chi connectivity index (χ1n) is 8.09. The van der Waals surface area contributed by atoms with E-state index in [2.05, 4.69) is 5.32 Å². The molecule has 0 radical (unpaired) electrons. The fourth-order valence-corrected chi connectivity index (χ4v) is 4.54. The average molecular weight is 364 g/mol. The van der Waals surface area contributed by atoms with Crippen LogP contribution in [0, 0.1) is 5.41 Å². The molecule has 136 valence electrons. The van der Waals surface area contributed by atoms with Gasteiger partial charge in [-0.05, 0) is 32.9 Å². The minimum atomic E-state index is -3.88. The van der Waals surface area contributed by atoms with Gasteiger partial charge in [0, 0.05) is 22.7 Å². The van der Waals surface area contributed by atoms with E-state index in [1.807, 2.05) is 0 Å². The Balaban J connectivity index is 2.70. The van der Waals surface area contributed by atoms with Crippen LogP contribution < -0.4 is 5.32 Å². The number of hydrogen-bond donors (Lipinski definition) is 1. The highest BCUT2D eigenvalue weighted by molar-refractivity contribution is 7.89. The summed E-state index contributed by atoms with van der Waals surface area (Å²) in [5.74, 6) is -0.698. The van der Waals surface area contributed by atoms with Gasteiger partial charge in [-0.3, -0.25) is 13.9 Å². The summed E-state index contributed by atoms with van der Waals surface area (Å²) in [5, 5.41) is 2.69. The zero-order valence-electron chi connectivity index (χ0n) is 15.4. The van der Waals surface area contributed by atoms with Crippen molar-refractivity contribution in [3.05, 3.63) is 41.2 Å². The zero-order valence-corrected chi connectivity index (χ0v) is 16.2. The average Bonchev–Trinajstić information content (AvgIpc) is 2.49.